The van der Waals surface area contributed by atoms with E-state index in [0.29, 0.717) is 44.3 Å². The summed E-state index contributed by atoms with van der Waals surface area (Å²) in [6.45, 7) is 8.72. The van der Waals surface area contributed by atoms with E-state index in [1.807, 2.05) is 4.90 Å². The highest BCUT2D eigenvalue weighted by Gasteiger charge is 2.35. The molecule has 2 saturated heterocycles. The molecule has 31 heavy (non-hydrogen) atoms. The molecular weight excluding hydrogens is 396 g/mol. The van der Waals surface area contributed by atoms with Gasteiger partial charge >= 0.3 is 6.03 Å². The fourth-order valence-electron chi connectivity index (χ4n) is 5.11. The highest BCUT2D eigenvalue weighted by molar-refractivity contribution is 6.01. The minimum absolute atomic E-state index is 0.0577. The standard InChI is InChI=1S/C23H34N4O4/c1-23(2,3)16-6-7-18-17(13-16)21(31-25-18)15-8-11-26(12-9-15)19(28)5-4-10-27-20(29)14-24-22(27)30/h15-16H,4-14H2,1-3H3,(H,24,30). The number of aryl methyl sites for hydroxylation is 1. The Balaban J connectivity index is 1.28. The molecule has 3 aliphatic rings. The zero-order valence-corrected chi connectivity index (χ0v) is 18.9. The lowest BCUT2D eigenvalue weighted by Crippen LogP contribution is -2.39. The Morgan fingerprint density at radius 3 is 2.58 bits per heavy atom. The smallest absolute Gasteiger partial charge is 0.324 e. The Labute approximate surface area is 183 Å². The van der Waals surface area contributed by atoms with Gasteiger partial charge in [0, 0.05) is 37.5 Å². The second-order valence-electron chi connectivity index (χ2n) is 10.2. The van der Waals surface area contributed by atoms with E-state index in [1.54, 1.807) is 0 Å². The predicted octanol–water partition coefficient (Wildman–Crippen LogP) is 2.86. The molecule has 1 aliphatic carbocycles. The third kappa shape index (κ3) is 4.62. The molecule has 4 amide bonds. The normalized spacial score (nSPS) is 22.6. The summed E-state index contributed by atoms with van der Waals surface area (Å²) in [7, 11) is 0. The van der Waals surface area contributed by atoms with Gasteiger partial charge in [0.05, 0.1) is 12.2 Å². The van der Waals surface area contributed by atoms with Gasteiger partial charge in [-0.05, 0) is 49.9 Å². The van der Waals surface area contributed by atoms with Crippen LogP contribution in [0.2, 0.25) is 0 Å². The Bertz CT molecular complexity index is 832. The molecule has 0 saturated carbocycles. The molecule has 1 aromatic heterocycles. The number of nitrogens with zero attached hydrogens (tertiary/aromatic N) is 3. The molecule has 170 valence electrons. The van der Waals surface area contributed by atoms with Crippen LogP contribution in [0.4, 0.5) is 4.79 Å². The van der Waals surface area contributed by atoms with Crippen molar-refractivity contribution in [3.05, 3.63) is 17.0 Å². The monoisotopic (exact) mass is 430 g/mol. The van der Waals surface area contributed by atoms with Crippen LogP contribution in [0, 0.1) is 11.3 Å². The van der Waals surface area contributed by atoms with E-state index in [4.69, 9.17) is 4.52 Å². The first kappa shape index (κ1) is 21.8. The van der Waals surface area contributed by atoms with Crippen LogP contribution < -0.4 is 5.32 Å². The first-order chi connectivity index (χ1) is 14.7. The fraction of sp³-hybridized carbons (Fsp3) is 0.739. The number of nitrogens with one attached hydrogen (secondary N) is 1. The van der Waals surface area contributed by atoms with Gasteiger partial charge in [-0.1, -0.05) is 25.9 Å². The van der Waals surface area contributed by atoms with E-state index < -0.39 is 0 Å². The first-order valence-electron chi connectivity index (χ1n) is 11.6. The molecule has 0 radical (unpaired) electrons. The Hall–Kier alpha value is -2.38. The lowest BCUT2D eigenvalue weighted by molar-refractivity contribution is -0.133. The summed E-state index contributed by atoms with van der Waals surface area (Å²) < 4.78 is 5.83. The summed E-state index contributed by atoms with van der Waals surface area (Å²) in [6, 6.07) is -0.359. The lowest BCUT2D eigenvalue weighted by Gasteiger charge is -2.35. The number of amides is 4. The van der Waals surface area contributed by atoms with Crippen molar-refractivity contribution < 1.29 is 18.9 Å². The largest absolute Gasteiger partial charge is 0.361 e. The number of imide groups is 1. The van der Waals surface area contributed by atoms with Crippen LogP contribution in [-0.2, 0) is 22.4 Å². The summed E-state index contributed by atoms with van der Waals surface area (Å²) in [5, 5.41) is 6.87. The van der Waals surface area contributed by atoms with Crippen LogP contribution in [0.15, 0.2) is 4.52 Å². The van der Waals surface area contributed by atoms with Crippen molar-refractivity contribution in [2.24, 2.45) is 11.3 Å². The molecule has 2 aliphatic heterocycles. The van der Waals surface area contributed by atoms with Gasteiger partial charge in [0.15, 0.2) is 0 Å². The minimum Gasteiger partial charge on any atom is -0.361 e. The van der Waals surface area contributed by atoms with Crippen LogP contribution >= 0.6 is 0 Å². The number of rotatable bonds is 5. The van der Waals surface area contributed by atoms with Crippen molar-refractivity contribution in [3.8, 4) is 0 Å². The number of carbonyl (C=O) groups is 3. The SMILES string of the molecule is CC(C)(C)C1CCc2noc(C3CCN(C(=O)CCCN4C(=O)CNC4=O)CC3)c2C1. The van der Waals surface area contributed by atoms with E-state index in [9.17, 15) is 14.4 Å². The second-order valence-corrected chi connectivity index (χ2v) is 10.2. The summed E-state index contributed by atoms with van der Waals surface area (Å²) in [5.74, 6) is 1.89. The zero-order chi connectivity index (χ0) is 22.2. The van der Waals surface area contributed by atoms with Crippen molar-refractivity contribution in [1.29, 1.82) is 0 Å². The van der Waals surface area contributed by atoms with Gasteiger partial charge in [-0.3, -0.25) is 14.5 Å². The summed E-state index contributed by atoms with van der Waals surface area (Å²) >= 11 is 0. The van der Waals surface area contributed by atoms with E-state index in [2.05, 4.69) is 31.2 Å². The number of piperidine rings is 1. The van der Waals surface area contributed by atoms with Crippen molar-refractivity contribution in [2.45, 2.75) is 71.6 Å². The Morgan fingerprint density at radius 1 is 1.19 bits per heavy atom. The quantitative estimate of drug-likeness (QED) is 0.725. The van der Waals surface area contributed by atoms with E-state index in [0.717, 1.165) is 37.1 Å². The molecule has 2 fully saturated rings. The van der Waals surface area contributed by atoms with Crippen molar-refractivity contribution in [3.63, 3.8) is 0 Å². The summed E-state index contributed by atoms with van der Waals surface area (Å²) in [4.78, 5) is 38.9. The molecule has 0 spiro atoms. The van der Waals surface area contributed by atoms with Crippen LogP contribution in [0.5, 0.6) is 0 Å². The third-order valence-corrected chi connectivity index (χ3v) is 7.23. The van der Waals surface area contributed by atoms with Crippen LogP contribution in [-0.4, -0.2) is 59.0 Å². The minimum atomic E-state index is -0.359. The van der Waals surface area contributed by atoms with Gasteiger partial charge < -0.3 is 14.7 Å². The number of urea groups is 1. The van der Waals surface area contributed by atoms with E-state index in [-0.39, 0.29) is 29.8 Å². The highest BCUT2D eigenvalue weighted by atomic mass is 16.5. The maximum atomic E-state index is 12.6. The maximum Gasteiger partial charge on any atom is 0.324 e. The predicted molar refractivity (Wildman–Crippen MR) is 114 cm³/mol. The average Bonchev–Trinajstić information content (AvgIpc) is 3.30. The number of fused-ring (bicyclic) bond motifs is 1. The van der Waals surface area contributed by atoms with Gasteiger partial charge in [-0.15, -0.1) is 0 Å². The number of carbonyl (C=O) groups excluding carboxylic acids is 3. The average molecular weight is 431 g/mol. The number of hydrogen-bond acceptors (Lipinski definition) is 5. The highest BCUT2D eigenvalue weighted by Crippen LogP contribution is 2.41. The molecule has 0 aromatic carbocycles. The second kappa shape index (κ2) is 8.63. The van der Waals surface area contributed by atoms with Crippen molar-refractivity contribution in [1.82, 2.24) is 20.3 Å². The number of hydrogen-bond donors (Lipinski definition) is 1. The van der Waals surface area contributed by atoms with Gasteiger partial charge in [0.25, 0.3) is 0 Å². The van der Waals surface area contributed by atoms with Gasteiger partial charge in [-0.2, -0.15) is 0 Å². The maximum absolute atomic E-state index is 12.6. The van der Waals surface area contributed by atoms with Crippen LogP contribution in [0.3, 0.4) is 0 Å². The molecule has 0 bridgehead atoms. The van der Waals surface area contributed by atoms with Crippen molar-refractivity contribution >= 4 is 17.8 Å². The van der Waals surface area contributed by atoms with Gasteiger partial charge in [0.2, 0.25) is 11.8 Å². The first-order valence-corrected chi connectivity index (χ1v) is 11.6. The molecule has 1 atom stereocenters. The molecule has 8 nitrogen and oxygen atoms in total. The molecule has 1 unspecified atom stereocenters. The van der Waals surface area contributed by atoms with Gasteiger partial charge in [-0.25, -0.2) is 4.79 Å². The molecular formula is C23H34N4O4. The number of likely N-dealkylation sites (tertiary alicyclic amines) is 1. The Morgan fingerprint density at radius 2 is 1.94 bits per heavy atom. The fourth-order valence-corrected chi connectivity index (χ4v) is 5.11. The molecule has 1 aromatic rings. The molecule has 1 N–H and O–H groups in total. The molecule has 4 rings (SSSR count). The molecule has 8 heteroatoms. The summed E-state index contributed by atoms with van der Waals surface area (Å²) in [6.07, 6.45) is 5.84. The van der Waals surface area contributed by atoms with Gasteiger partial charge in [0.1, 0.15) is 5.76 Å². The van der Waals surface area contributed by atoms with E-state index >= 15 is 0 Å². The van der Waals surface area contributed by atoms with Crippen LogP contribution in [0.25, 0.3) is 0 Å². The zero-order valence-electron chi connectivity index (χ0n) is 18.9. The van der Waals surface area contributed by atoms with Crippen LogP contribution in [0.1, 0.15) is 75.8 Å². The van der Waals surface area contributed by atoms with Crippen molar-refractivity contribution in [2.75, 3.05) is 26.2 Å². The topological polar surface area (TPSA) is 95.8 Å². The molecule has 3 heterocycles. The number of aromatic nitrogens is 1. The third-order valence-electron chi connectivity index (χ3n) is 7.23. The lowest BCUT2D eigenvalue weighted by atomic mass is 9.71. The Kier molecular flexibility index (Phi) is 6.08. The summed E-state index contributed by atoms with van der Waals surface area (Å²) in [5.41, 5.74) is 2.74. The van der Waals surface area contributed by atoms with E-state index in [1.165, 1.54) is 16.9 Å².